The molecule has 10 heteroatoms. The summed E-state index contributed by atoms with van der Waals surface area (Å²) < 4.78 is 0. The first-order chi connectivity index (χ1) is 17.0. The minimum absolute atomic E-state index is 0. The van der Waals surface area contributed by atoms with Crippen LogP contribution in [0, 0.1) is 0 Å². The molecule has 0 heterocycles. The third kappa shape index (κ3) is 15.3. The standard InChI is InChI=1S/C27H38N4O4.2ClH/c28-18-7-6-12-24(29)27(34)30-19-17-26(33)35-31-25(32)20-23-15-13-22(14-16-23)11-5-4-10-21-8-2-1-3-9-21;;/h1-3,8-9,13-16,24H,4-7,10-12,17-20,28-29H2,(H,30,34)(H,31,32);2*1H/t24-;;/m0../s1. The van der Waals surface area contributed by atoms with Crippen LogP contribution in [0.4, 0.5) is 0 Å². The Morgan fingerprint density at radius 2 is 1.41 bits per heavy atom. The number of hydrogen-bond donors (Lipinski definition) is 4. The Balaban J connectivity index is 0.00000648. The number of unbranched alkanes of at least 4 members (excludes halogenated alkanes) is 2. The van der Waals surface area contributed by atoms with Gasteiger partial charge in [0.15, 0.2) is 0 Å². The molecule has 0 aliphatic carbocycles. The van der Waals surface area contributed by atoms with Gasteiger partial charge in [0.05, 0.1) is 18.9 Å². The summed E-state index contributed by atoms with van der Waals surface area (Å²) in [5, 5.41) is 2.59. The molecule has 0 saturated heterocycles. The summed E-state index contributed by atoms with van der Waals surface area (Å²) in [6.07, 6.45) is 6.47. The van der Waals surface area contributed by atoms with E-state index in [0.717, 1.165) is 44.1 Å². The highest BCUT2D eigenvalue weighted by atomic mass is 35.5. The molecule has 0 aromatic heterocycles. The maximum absolute atomic E-state index is 12.1. The molecule has 0 radical (unpaired) electrons. The highest BCUT2D eigenvalue weighted by Gasteiger charge is 2.14. The Hall–Kier alpha value is -2.65. The fraction of sp³-hybridized carbons (Fsp3) is 0.444. The van der Waals surface area contributed by atoms with E-state index in [0.29, 0.717) is 13.0 Å². The van der Waals surface area contributed by atoms with Crippen molar-refractivity contribution in [3.63, 3.8) is 0 Å². The first-order valence-corrected chi connectivity index (χ1v) is 12.3. The lowest BCUT2D eigenvalue weighted by Crippen LogP contribution is -2.41. The van der Waals surface area contributed by atoms with Crippen molar-refractivity contribution in [2.75, 3.05) is 13.1 Å². The first kappa shape index (κ1) is 34.4. The van der Waals surface area contributed by atoms with E-state index < -0.39 is 17.9 Å². The molecule has 2 rings (SSSR count). The predicted molar refractivity (Wildman–Crippen MR) is 150 cm³/mol. The van der Waals surface area contributed by atoms with Crippen molar-refractivity contribution in [2.45, 2.75) is 63.8 Å². The molecule has 206 valence electrons. The van der Waals surface area contributed by atoms with Crippen LogP contribution in [0.1, 0.15) is 55.2 Å². The molecule has 2 aromatic carbocycles. The number of nitrogens with two attached hydrogens (primary N) is 2. The number of hydrogen-bond acceptors (Lipinski definition) is 6. The summed E-state index contributed by atoms with van der Waals surface area (Å²) in [5.41, 5.74) is 16.8. The summed E-state index contributed by atoms with van der Waals surface area (Å²) in [7, 11) is 0. The maximum Gasteiger partial charge on any atom is 0.334 e. The molecule has 0 unspecified atom stereocenters. The Kier molecular flexibility index (Phi) is 19.0. The van der Waals surface area contributed by atoms with Crippen molar-refractivity contribution >= 4 is 42.6 Å². The van der Waals surface area contributed by atoms with Crippen molar-refractivity contribution in [1.82, 2.24) is 10.8 Å². The molecular formula is C27H40Cl2N4O4. The zero-order valence-electron chi connectivity index (χ0n) is 21.2. The molecule has 0 aliphatic rings. The number of nitrogens with one attached hydrogen (secondary N) is 2. The quantitative estimate of drug-likeness (QED) is 0.197. The van der Waals surface area contributed by atoms with Crippen LogP contribution < -0.4 is 22.3 Å². The van der Waals surface area contributed by atoms with E-state index in [9.17, 15) is 14.4 Å². The van der Waals surface area contributed by atoms with Gasteiger partial charge in [-0.3, -0.25) is 9.59 Å². The van der Waals surface area contributed by atoms with Gasteiger partial charge >= 0.3 is 5.97 Å². The van der Waals surface area contributed by atoms with Crippen molar-refractivity contribution < 1.29 is 19.2 Å². The fourth-order valence-electron chi connectivity index (χ4n) is 3.57. The van der Waals surface area contributed by atoms with Gasteiger partial charge in [-0.25, -0.2) is 4.79 Å². The second kappa shape index (κ2) is 20.4. The van der Waals surface area contributed by atoms with E-state index in [1.165, 1.54) is 11.1 Å². The molecule has 6 N–H and O–H groups in total. The lowest BCUT2D eigenvalue weighted by atomic mass is 10.0. The van der Waals surface area contributed by atoms with E-state index in [2.05, 4.69) is 35.1 Å². The number of carbonyl (C=O) groups excluding carboxylic acids is 3. The summed E-state index contributed by atoms with van der Waals surface area (Å²) >= 11 is 0. The second-order valence-electron chi connectivity index (χ2n) is 8.62. The van der Waals surface area contributed by atoms with Crippen LogP contribution in [0.2, 0.25) is 0 Å². The Bertz CT molecular complexity index is 914. The lowest BCUT2D eigenvalue weighted by molar-refractivity contribution is -0.158. The van der Waals surface area contributed by atoms with Crippen LogP contribution in [-0.4, -0.2) is 36.9 Å². The number of aryl methyl sites for hydroxylation is 2. The minimum atomic E-state index is -0.638. The highest BCUT2D eigenvalue weighted by molar-refractivity contribution is 5.85. The van der Waals surface area contributed by atoms with E-state index in [1.807, 2.05) is 30.3 Å². The molecule has 37 heavy (non-hydrogen) atoms. The van der Waals surface area contributed by atoms with Gasteiger partial charge in [-0.1, -0.05) is 61.0 Å². The Labute approximate surface area is 232 Å². The monoisotopic (exact) mass is 554 g/mol. The first-order valence-electron chi connectivity index (χ1n) is 12.3. The number of hydroxylamine groups is 1. The van der Waals surface area contributed by atoms with E-state index >= 15 is 0 Å². The zero-order chi connectivity index (χ0) is 25.3. The number of rotatable bonds is 15. The number of carbonyl (C=O) groups is 3. The normalized spacial score (nSPS) is 10.9. The topological polar surface area (TPSA) is 137 Å². The summed E-state index contributed by atoms with van der Waals surface area (Å²) in [4.78, 5) is 40.5. The van der Waals surface area contributed by atoms with E-state index in [1.54, 1.807) is 0 Å². The molecule has 0 fully saturated rings. The fourth-order valence-corrected chi connectivity index (χ4v) is 3.57. The minimum Gasteiger partial charge on any atom is -0.354 e. The Morgan fingerprint density at radius 1 is 0.811 bits per heavy atom. The van der Waals surface area contributed by atoms with E-state index in [4.69, 9.17) is 16.3 Å². The molecule has 0 aliphatic heterocycles. The smallest absolute Gasteiger partial charge is 0.334 e. The molecular weight excluding hydrogens is 515 g/mol. The van der Waals surface area contributed by atoms with Gasteiger partial charge in [0.1, 0.15) is 0 Å². The maximum atomic E-state index is 12.1. The third-order valence-electron chi connectivity index (χ3n) is 5.62. The number of halogens is 2. The summed E-state index contributed by atoms with van der Waals surface area (Å²) in [5.74, 6) is -1.38. The zero-order valence-corrected chi connectivity index (χ0v) is 22.8. The molecule has 8 nitrogen and oxygen atoms in total. The van der Waals surface area contributed by atoms with Gasteiger partial charge in [-0.15, -0.1) is 24.8 Å². The molecule has 0 bridgehead atoms. The number of benzene rings is 2. The summed E-state index contributed by atoms with van der Waals surface area (Å²) in [6.45, 7) is 0.651. The van der Waals surface area contributed by atoms with Crippen molar-refractivity contribution in [3.05, 3.63) is 71.3 Å². The van der Waals surface area contributed by atoms with Gasteiger partial charge in [0, 0.05) is 6.54 Å². The van der Waals surface area contributed by atoms with Crippen molar-refractivity contribution in [2.24, 2.45) is 11.5 Å². The van der Waals surface area contributed by atoms with Gasteiger partial charge in [0.2, 0.25) is 5.91 Å². The molecule has 0 saturated carbocycles. The molecule has 1 atom stereocenters. The summed E-state index contributed by atoms with van der Waals surface area (Å²) in [6, 6.07) is 17.7. The lowest BCUT2D eigenvalue weighted by Gasteiger charge is -2.11. The molecule has 0 spiro atoms. The average molecular weight is 556 g/mol. The SMILES string of the molecule is Cl.Cl.NCCCC[C@H](N)C(=O)NCCC(=O)ONC(=O)Cc1ccc(CCCCc2ccccc2)cc1. The van der Waals surface area contributed by atoms with Crippen LogP contribution in [-0.2, 0) is 38.5 Å². The predicted octanol–water partition coefficient (Wildman–Crippen LogP) is 3.18. The highest BCUT2D eigenvalue weighted by Crippen LogP contribution is 2.11. The van der Waals surface area contributed by atoms with Crippen LogP contribution in [0.25, 0.3) is 0 Å². The van der Waals surface area contributed by atoms with Gasteiger partial charge in [0.25, 0.3) is 5.91 Å². The Morgan fingerprint density at radius 3 is 2.03 bits per heavy atom. The van der Waals surface area contributed by atoms with E-state index in [-0.39, 0.29) is 50.1 Å². The van der Waals surface area contributed by atoms with Crippen LogP contribution in [0.15, 0.2) is 54.6 Å². The van der Waals surface area contributed by atoms with Gasteiger partial charge < -0.3 is 21.6 Å². The van der Waals surface area contributed by atoms with Crippen LogP contribution >= 0.6 is 24.8 Å². The number of amides is 2. The van der Waals surface area contributed by atoms with Crippen LogP contribution in [0.3, 0.4) is 0 Å². The third-order valence-corrected chi connectivity index (χ3v) is 5.62. The van der Waals surface area contributed by atoms with Crippen LogP contribution in [0.5, 0.6) is 0 Å². The largest absolute Gasteiger partial charge is 0.354 e. The van der Waals surface area contributed by atoms with Gasteiger partial charge in [-0.2, -0.15) is 5.48 Å². The van der Waals surface area contributed by atoms with Crippen molar-refractivity contribution in [1.29, 1.82) is 0 Å². The molecule has 2 amide bonds. The van der Waals surface area contributed by atoms with Gasteiger partial charge in [-0.05, 0) is 61.8 Å². The van der Waals surface area contributed by atoms with Crippen molar-refractivity contribution in [3.8, 4) is 0 Å². The second-order valence-corrected chi connectivity index (χ2v) is 8.62. The average Bonchev–Trinajstić information content (AvgIpc) is 2.87. The molecule has 2 aromatic rings.